The number of hydrogen-bond acceptors (Lipinski definition) is 5. The zero-order valence-electron chi connectivity index (χ0n) is 14.3. The summed E-state index contributed by atoms with van der Waals surface area (Å²) < 4.78 is 12.5. The molecule has 0 saturated heterocycles. The molecule has 6 nitrogen and oxygen atoms in total. The normalized spacial score (nSPS) is 12.4. The molecule has 0 aliphatic carbocycles. The third-order valence-electron chi connectivity index (χ3n) is 3.97. The van der Waals surface area contributed by atoms with Crippen molar-refractivity contribution in [2.75, 3.05) is 32.3 Å². The first kappa shape index (κ1) is 15.9. The van der Waals surface area contributed by atoms with Crippen molar-refractivity contribution in [2.24, 2.45) is 12.0 Å². The van der Waals surface area contributed by atoms with Gasteiger partial charge in [0.05, 0.1) is 20.4 Å². The van der Waals surface area contributed by atoms with Crippen LogP contribution < -0.4 is 14.4 Å². The van der Waals surface area contributed by atoms with Crippen LogP contribution in [0.2, 0.25) is 0 Å². The molecule has 24 heavy (non-hydrogen) atoms. The van der Waals surface area contributed by atoms with E-state index in [1.54, 1.807) is 14.2 Å². The fourth-order valence-electron chi connectivity index (χ4n) is 2.57. The van der Waals surface area contributed by atoms with Gasteiger partial charge in [0.15, 0.2) is 23.1 Å². The lowest BCUT2D eigenvalue weighted by Gasteiger charge is -2.21. The minimum Gasteiger partial charge on any atom is -0.493 e. The minimum absolute atomic E-state index is 0.642. The molecule has 0 unspecified atom stereocenters. The van der Waals surface area contributed by atoms with Crippen molar-refractivity contribution < 1.29 is 9.47 Å². The second-order valence-corrected chi connectivity index (χ2v) is 5.33. The fraction of sp³-hybridized carbons (Fsp3) is 0.333. The lowest BCUT2D eigenvalue weighted by molar-refractivity contribution is 0.355. The van der Waals surface area contributed by atoms with Crippen LogP contribution in [0.15, 0.2) is 23.2 Å². The van der Waals surface area contributed by atoms with Gasteiger partial charge < -0.3 is 18.9 Å². The van der Waals surface area contributed by atoms with Gasteiger partial charge in [-0.2, -0.15) is 0 Å². The smallest absolute Gasteiger partial charge is 0.188 e. The predicted molar refractivity (Wildman–Crippen MR) is 94.2 cm³/mol. The Labute approximate surface area is 141 Å². The van der Waals surface area contributed by atoms with E-state index in [9.17, 15) is 0 Å². The Hall–Kier alpha value is -2.94. The quantitative estimate of drug-likeness (QED) is 0.811. The highest BCUT2D eigenvalue weighted by Gasteiger charge is 2.19. The third-order valence-corrected chi connectivity index (χ3v) is 3.97. The topological polar surface area (TPSA) is 51.9 Å². The van der Waals surface area contributed by atoms with Gasteiger partial charge in [-0.05, 0) is 31.0 Å². The Morgan fingerprint density at radius 2 is 1.96 bits per heavy atom. The van der Waals surface area contributed by atoms with Crippen LogP contribution in [0.3, 0.4) is 0 Å². The second kappa shape index (κ2) is 6.67. The van der Waals surface area contributed by atoms with Crippen molar-refractivity contribution in [3.05, 3.63) is 35.3 Å². The van der Waals surface area contributed by atoms with Crippen molar-refractivity contribution in [2.45, 2.75) is 6.92 Å². The van der Waals surface area contributed by atoms with Gasteiger partial charge in [-0.1, -0.05) is 5.92 Å². The second-order valence-electron chi connectivity index (χ2n) is 5.33. The summed E-state index contributed by atoms with van der Waals surface area (Å²) in [7, 11) is 5.18. The molecule has 0 saturated carbocycles. The van der Waals surface area contributed by atoms with Gasteiger partial charge in [-0.3, -0.25) is 4.99 Å². The van der Waals surface area contributed by atoms with Gasteiger partial charge >= 0.3 is 0 Å². The van der Waals surface area contributed by atoms with E-state index in [0.717, 1.165) is 23.6 Å². The average molecular weight is 324 g/mol. The van der Waals surface area contributed by atoms with Crippen molar-refractivity contribution in [1.82, 2.24) is 9.55 Å². The van der Waals surface area contributed by atoms with Crippen LogP contribution in [0.25, 0.3) is 0 Å². The molecule has 124 valence electrons. The number of imidazole rings is 1. The molecular formula is C18H20N4O2. The minimum atomic E-state index is 0.642. The van der Waals surface area contributed by atoms with Gasteiger partial charge in [-0.15, -0.1) is 0 Å². The summed E-state index contributed by atoms with van der Waals surface area (Å²) in [5.41, 5.74) is 1.83. The average Bonchev–Trinajstić information content (AvgIpc) is 2.95. The van der Waals surface area contributed by atoms with Crippen molar-refractivity contribution >= 4 is 12.0 Å². The lowest BCUT2D eigenvalue weighted by atomic mass is 10.2. The summed E-state index contributed by atoms with van der Waals surface area (Å²) in [6, 6.07) is 5.60. The van der Waals surface area contributed by atoms with E-state index in [-0.39, 0.29) is 0 Å². The van der Waals surface area contributed by atoms with E-state index < -0.39 is 0 Å². The van der Waals surface area contributed by atoms with Crippen LogP contribution in [0, 0.1) is 11.8 Å². The Morgan fingerprint density at radius 1 is 1.17 bits per heavy atom. The summed E-state index contributed by atoms with van der Waals surface area (Å²) >= 11 is 0. The summed E-state index contributed by atoms with van der Waals surface area (Å²) in [5, 5.41) is 0. The molecule has 0 amide bonds. The molecule has 1 aliphatic heterocycles. The summed E-state index contributed by atoms with van der Waals surface area (Å²) in [6.45, 7) is 3.60. The number of rotatable bonds is 3. The van der Waals surface area contributed by atoms with E-state index >= 15 is 0 Å². The molecule has 6 heteroatoms. The summed E-state index contributed by atoms with van der Waals surface area (Å²) in [6.07, 6.45) is 1.86. The summed E-state index contributed by atoms with van der Waals surface area (Å²) in [4.78, 5) is 11.2. The van der Waals surface area contributed by atoms with Crippen molar-refractivity contribution in [1.29, 1.82) is 0 Å². The molecule has 0 bridgehead atoms. The number of ether oxygens (including phenoxy) is 2. The molecule has 1 aromatic carbocycles. The number of fused-ring (bicyclic) bond motifs is 1. The van der Waals surface area contributed by atoms with Crippen LogP contribution in [0.4, 0.5) is 5.82 Å². The largest absolute Gasteiger partial charge is 0.493 e. The highest BCUT2D eigenvalue weighted by atomic mass is 16.5. The highest BCUT2D eigenvalue weighted by Crippen LogP contribution is 2.27. The van der Waals surface area contributed by atoms with E-state index in [4.69, 9.17) is 9.47 Å². The monoisotopic (exact) mass is 324 g/mol. The highest BCUT2D eigenvalue weighted by molar-refractivity contribution is 5.87. The molecule has 0 fully saturated rings. The van der Waals surface area contributed by atoms with Gasteiger partial charge in [-0.25, -0.2) is 4.98 Å². The molecule has 0 atom stereocenters. The maximum Gasteiger partial charge on any atom is 0.188 e. The molecular weight excluding hydrogens is 304 g/mol. The van der Waals surface area contributed by atoms with Crippen molar-refractivity contribution in [3.8, 4) is 23.3 Å². The number of benzene rings is 1. The van der Waals surface area contributed by atoms with E-state index in [1.165, 1.54) is 0 Å². The first-order valence-corrected chi connectivity index (χ1v) is 7.73. The number of nitrogens with zero attached hydrogens (tertiary/aromatic N) is 4. The molecule has 0 spiro atoms. The van der Waals surface area contributed by atoms with E-state index in [0.29, 0.717) is 24.0 Å². The first-order chi connectivity index (χ1) is 11.7. The zero-order chi connectivity index (χ0) is 17.1. The molecule has 1 aromatic heterocycles. The molecule has 3 rings (SSSR count). The Balaban J connectivity index is 1.95. The van der Waals surface area contributed by atoms with E-state index in [1.807, 2.05) is 36.0 Å². The van der Waals surface area contributed by atoms with Crippen LogP contribution in [-0.2, 0) is 7.05 Å². The lowest BCUT2D eigenvalue weighted by Crippen LogP contribution is -2.27. The molecule has 0 radical (unpaired) electrons. The SMILES string of the molecule is CCN1CN=Cc2c1nc(C#Cc1ccc(OC)c(OC)c1)n2C. The third kappa shape index (κ3) is 2.81. The Morgan fingerprint density at radius 3 is 2.67 bits per heavy atom. The van der Waals surface area contributed by atoms with Gasteiger partial charge in [0.1, 0.15) is 12.4 Å². The fourth-order valence-corrected chi connectivity index (χ4v) is 2.57. The number of aliphatic imine (C=N–C) groups is 1. The van der Waals surface area contributed by atoms with Crippen LogP contribution >= 0.6 is 0 Å². The van der Waals surface area contributed by atoms with Crippen LogP contribution in [0.1, 0.15) is 24.0 Å². The van der Waals surface area contributed by atoms with Crippen LogP contribution in [0.5, 0.6) is 11.5 Å². The number of anilines is 1. The van der Waals surface area contributed by atoms with Gasteiger partial charge in [0, 0.05) is 19.2 Å². The first-order valence-electron chi connectivity index (χ1n) is 7.73. The Kier molecular flexibility index (Phi) is 4.43. The standard InChI is InChI=1S/C18H20N4O2/c1-5-22-12-19-11-14-18(22)20-17(21(14)2)9-7-13-6-8-15(23-3)16(10-13)24-4/h6,8,10-11H,5,12H2,1-4H3. The molecule has 2 heterocycles. The molecule has 0 N–H and O–H groups in total. The van der Waals surface area contributed by atoms with Gasteiger partial charge in [0.2, 0.25) is 0 Å². The Bertz CT molecular complexity index is 843. The molecule has 1 aliphatic rings. The van der Waals surface area contributed by atoms with Crippen molar-refractivity contribution in [3.63, 3.8) is 0 Å². The number of aromatic nitrogens is 2. The maximum absolute atomic E-state index is 5.31. The molecule has 2 aromatic rings. The predicted octanol–water partition coefficient (Wildman–Crippen LogP) is 2.05. The number of hydrogen-bond donors (Lipinski definition) is 0. The zero-order valence-corrected chi connectivity index (χ0v) is 14.3. The summed E-state index contributed by atoms with van der Waals surface area (Å²) in [5.74, 6) is 9.27. The van der Waals surface area contributed by atoms with E-state index in [2.05, 4.69) is 33.6 Å². The number of methoxy groups -OCH3 is 2. The van der Waals surface area contributed by atoms with Crippen LogP contribution in [-0.4, -0.2) is 43.2 Å². The van der Waals surface area contributed by atoms with Gasteiger partial charge in [0.25, 0.3) is 0 Å². The maximum atomic E-state index is 5.31.